The number of hydrogen-bond donors (Lipinski definition) is 1. The van der Waals surface area contributed by atoms with Crippen molar-refractivity contribution in [2.75, 3.05) is 5.32 Å². The molecule has 0 unspecified atom stereocenters. The molecule has 0 bridgehead atoms. The molecule has 0 amide bonds. The molecule has 0 aliphatic heterocycles. The predicted octanol–water partition coefficient (Wildman–Crippen LogP) is 4.72. The molecule has 0 saturated heterocycles. The standard InChI is InChI=1S/C13H9BrClN3S/c14-11-6-5-8(19-11)7-16-12-9-3-1-2-4-10(9)17-13(15)18-12/h1-6H,7H2,(H,16,17,18). The first-order chi connectivity index (χ1) is 9.22. The zero-order chi connectivity index (χ0) is 13.2. The topological polar surface area (TPSA) is 37.8 Å². The molecule has 2 heterocycles. The highest BCUT2D eigenvalue weighted by Gasteiger charge is 2.06. The monoisotopic (exact) mass is 353 g/mol. The van der Waals surface area contributed by atoms with Crippen molar-refractivity contribution in [1.29, 1.82) is 0 Å². The van der Waals surface area contributed by atoms with Gasteiger partial charge in [-0.1, -0.05) is 12.1 Å². The fourth-order valence-corrected chi connectivity index (χ4v) is 3.40. The summed E-state index contributed by atoms with van der Waals surface area (Å²) in [5, 5.41) is 4.54. The van der Waals surface area contributed by atoms with Crippen LogP contribution < -0.4 is 5.32 Å². The van der Waals surface area contributed by atoms with Crippen molar-refractivity contribution < 1.29 is 0 Å². The number of anilines is 1. The molecule has 0 spiro atoms. The Morgan fingerprint density at radius 2 is 2.00 bits per heavy atom. The van der Waals surface area contributed by atoms with Gasteiger partial charge >= 0.3 is 0 Å². The molecule has 3 nitrogen and oxygen atoms in total. The van der Waals surface area contributed by atoms with Crippen molar-refractivity contribution in [3.05, 3.63) is 50.3 Å². The Labute approximate surface area is 127 Å². The van der Waals surface area contributed by atoms with Gasteiger partial charge in [0.1, 0.15) is 5.82 Å². The predicted molar refractivity (Wildman–Crippen MR) is 83.9 cm³/mol. The van der Waals surface area contributed by atoms with Crippen LogP contribution in [0.3, 0.4) is 0 Å². The highest BCUT2D eigenvalue weighted by molar-refractivity contribution is 9.11. The largest absolute Gasteiger partial charge is 0.365 e. The van der Waals surface area contributed by atoms with E-state index in [1.54, 1.807) is 11.3 Å². The number of nitrogens with zero attached hydrogens (tertiary/aromatic N) is 2. The van der Waals surface area contributed by atoms with Crippen LogP contribution in [0.4, 0.5) is 5.82 Å². The van der Waals surface area contributed by atoms with Gasteiger partial charge in [-0.15, -0.1) is 11.3 Å². The molecular formula is C13H9BrClN3S. The Balaban J connectivity index is 1.91. The van der Waals surface area contributed by atoms with Crippen LogP contribution in [0, 0.1) is 0 Å². The van der Waals surface area contributed by atoms with Gasteiger partial charge in [-0.3, -0.25) is 0 Å². The van der Waals surface area contributed by atoms with E-state index in [1.165, 1.54) is 4.88 Å². The van der Waals surface area contributed by atoms with Gasteiger partial charge in [-0.25, -0.2) is 9.97 Å². The van der Waals surface area contributed by atoms with Crippen LogP contribution in [0.2, 0.25) is 5.28 Å². The maximum Gasteiger partial charge on any atom is 0.224 e. The van der Waals surface area contributed by atoms with Gasteiger partial charge in [0.2, 0.25) is 5.28 Å². The summed E-state index contributed by atoms with van der Waals surface area (Å²) in [4.78, 5) is 9.69. The zero-order valence-electron chi connectivity index (χ0n) is 9.73. The summed E-state index contributed by atoms with van der Waals surface area (Å²) in [6.07, 6.45) is 0. The van der Waals surface area contributed by atoms with Crippen molar-refractivity contribution in [1.82, 2.24) is 9.97 Å². The summed E-state index contributed by atoms with van der Waals surface area (Å²) >= 11 is 11.1. The van der Waals surface area contributed by atoms with E-state index in [9.17, 15) is 0 Å². The van der Waals surface area contributed by atoms with Crippen LogP contribution in [0.5, 0.6) is 0 Å². The number of aromatic nitrogens is 2. The van der Waals surface area contributed by atoms with Crippen LogP contribution in [-0.2, 0) is 6.54 Å². The maximum absolute atomic E-state index is 5.94. The molecule has 19 heavy (non-hydrogen) atoms. The number of para-hydroxylation sites is 1. The third-order valence-electron chi connectivity index (χ3n) is 2.63. The maximum atomic E-state index is 5.94. The first-order valence-corrected chi connectivity index (χ1v) is 7.61. The van der Waals surface area contributed by atoms with E-state index in [2.05, 4.69) is 37.3 Å². The average molecular weight is 355 g/mol. The summed E-state index contributed by atoms with van der Waals surface area (Å²) in [5.41, 5.74) is 0.845. The number of halogens is 2. The molecular weight excluding hydrogens is 346 g/mol. The zero-order valence-corrected chi connectivity index (χ0v) is 12.9. The Bertz CT molecular complexity index is 729. The first kappa shape index (κ1) is 12.8. The van der Waals surface area contributed by atoms with Gasteiger partial charge in [-0.05, 0) is 51.8 Å². The summed E-state index contributed by atoms with van der Waals surface area (Å²) in [6.45, 7) is 0.716. The van der Waals surface area contributed by atoms with Crippen molar-refractivity contribution in [3.63, 3.8) is 0 Å². The number of hydrogen-bond acceptors (Lipinski definition) is 4. The number of benzene rings is 1. The van der Waals surface area contributed by atoms with Crippen LogP contribution in [0.15, 0.2) is 40.2 Å². The fraction of sp³-hybridized carbons (Fsp3) is 0.0769. The Morgan fingerprint density at radius 3 is 2.79 bits per heavy atom. The fourth-order valence-electron chi connectivity index (χ4n) is 1.80. The molecule has 0 atom stereocenters. The van der Waals surface area contributed by atoms with E-state index < -0.39 is 0 Å². The Morgan fingerprint density at radius 1 is 1.16 bits per heavy atom. The lowest BCUT2D eigenvalue weighted by Gasteiger charge is -2.07. The normalized spacial score (nSPS) is 10.8. The number of thiophene rings is 1. The average Bonchev–Trinajstić information content (AvgIpc) is 2.81. The Hall–Kier alpha value is -1.17. The minimum atomic E-state index is 0.258. The minimum absolute atomic E-state index is 0.258. The molecule has 0 aliphatic carbocycles. The van der Waals surface area contributed by atoms with E-state index in [0.29, 0.717) is 6.54 Å². The number of fused-ring (bicyclic) bond motifs is 1. The number of nitrogens with one attached hydrogen (secondary N) is 1. The molecule has 0 saturated carbocycles. The van der Waals surface area contributed by atoms with Crippen molar-refractivity contribution in [2.24, 2.45) is 0 Å². The van der Waals surface area contributed by atoms with Crippen molar-refractivity contribution >= 4 is 55.6 Å². The van der Waals surface area contributed by atoms with Crippen LogP contribution in [-0.4, -0.2) is 9.97 Å². The third kappa shape index (κ3) is 2.88. The van der Waals surface area contributed by atoms with Crippen molar-refractivity contribution in [3.8, 4) is 0 Å². The summed E-state index contributed by atoms with van der Waals surface area (Å²) in [7, 11) is 0. The van der Waals surface area contributed by atoms with Gasteiger partial charge < -0.3 is 5.32 Å². The molecule has 1 aromatic carbocycles. The summed E-state index contributed by atoms with van der Waals surface area (Å²) in [5.74, 6) is 0.764. The van der Waals surface area contributed by atoms with Crippen LogP contribution in [0.1, 0.15) is 4.88 Å². The molecule has 6 heteroatoms. The van der Waals surface area contributed by atoms with Gasteiger partial charge in [0.05, 0.1) is 15.8 Å². The molecule has 0 radical (unpaired) electrons. The SMILES string of the molecule is Clc1nc(NCc2ccc(Br)s2)c2ccccc2n1. The highest BCUT2D eigenvalue weighted by Crippen LogP contribution is 2.25. The lowest BCUT2D eigenvalue weighted by Crippen LogP contribution is -2.01. The van der Waals surface area contributed by atoms with Gasteiger partial charge in [0, 0.05) is 10.3 Å². The molecule has 3 rings (SSSR count). The highest BCUT2D eigenvalue weighted by atomic mass is 79.9. The third-order valence-corrected chi connectivity index (χ3v) is 4.43. The minimum Gasteiger partial charge on any atom is -0.365 e. The van der Waals surface area contributed by atoms with Crippen LogP contribution >= 0.6 is 38.9 Å². The van der Waals surface area contributed by atoms with Crippen molar-refractivity contribution in [2.45, 2.75) is 6.54 Å². The quantitative estimate of drug-likeness (QED) is 0.692. The molecule has 96 valence electrons. The van der Waals surface area contributed by atoms with E-state index >= 15 is 0 Å². The van der Waals surface area contributed by atoms with Gasteiger partial charge in [0.15, 0.2) is 0 Å². The van der Waals surface area contributed by atoms with E-state index in [0.717, 1.165) is 20.5 Å². The molecule has 1 N–H and O–H groups in total. The van der Waals surface area contributed by atoms with Gasteiger partial charge in [-0.2, -0.15) is 0 Å². The Kier molecular flexibility index (Phi) is 3.68. The smallest absolute Gasteiger partial charge is 0.224 e. The number of rotatable bonds is 3. The van der Waals surface area contributed by atoms with E-state index in [4.69, 9.17) is 11.6 Å². The van der Waals surface area contributed by atoms with E-state index in [-0.39, 0.29) is 5.28 Å². The van der Waals surface area contributed by atoms with E-state index in [1.807, 2.05) is 30.3 Å². The lowest BCUT2D eigenvalue weighted by molar-refractivity contribution is 1.13. The molecule has 0 aliphatic rings. The molecule has 2 aromatic heterocycles. The first-order valence-electron chi connectivity index (χ1n) is 5.63. The molecule has 0 fully saturated rings. The van der Waals surface area contributed by atoms with Crippen LogP contribution in [0.25, 0.3) is 10.9 Å². The van der Waals surface area contributed by atoms with Gasteiger partial charge in [0.25, 0.3) is 0 Å². The molecule has 3 aromatic rings. The second-order valence-electron chi connectivity index (χ2n) is 3.92. The lowest BCUT2D eigenvalue weighted by atomic mass is 10.2. The second kappa shape index (κ2) is 5.45. The second-order valence-corrected chi connectivity index (χ2v) is 6.80. The summed E-state index contributed by atoms with van der Waals surface area (Å²) in [6, 6.07) is 11.9. The summed E-state index contributed by atoms with van der Waals surface area (Å²) < 4.78 is 1.12.